The van der Waals surface area contributed by atoms with Crippen LogP contribution in [0.2, 0.25) is 10.0 Å². The van der Waals surface area contributed by atoms with Crippen molar-refractivity contribution in [1.82, 2.24) is 4.98 Å². The van der Waals surface area contributed by atoms with Crippen LogP contribution in [0.3, 0.4) is 0 Å². The fraction of sp³-hybridized carbons (Fsp3) is 0.0833. The van der Waals surface area contributed by atoms with Crippen molar-refractivity contribution in [2.24, 2.45) is 0 Å². The zero-order valence-corrected chi connectivity index (χ0v) is 11.4. The van der Waals surface area contributed by atoms with Crippen molar-refractivity contribution in [3.05, 3.63) is 50.5 Å². The van der Waals surface area contributed by atoms with E-state index in [0.29, 0.717) is 27.1 Å². The molecule has 0 bridgehead atoms. The molecule has 0 atom stereocenters. The van der Waals surface area contributed by atoms with Crippen molar-refractivity contribution in [2.45, 2.75) is 0 Å². The topological polar surface area (TPSA) is 68.1 Å². The number of aromatic nitrogens is 1. The minimum Gasteiger partial charge on any atom is -0.373 e. The van der Waals surface area contributed by atoms with Gasteiger partial charge < -0.3 is 5.32 Å². The number of hydrogen-bond acceptors (Lipinski definition) is 4. The lowest BCUT2D eigenvalue weighted by atomic mass is 10.1. The van der Waals surface area contributed by atoms with Gasteiger partial charge in [-0.2, -0.15) is 0 Å². The molecule has 0 amide bonds. The Bertz CT molecular complexity index is 647. The molecule has 7 heteroatoms. The third kappa shape index (κ3) is 2.94. The van der Waals surface area contributed by atoms with E-state index >= 15 is 0 Å². The van der Waals surface area contributed by atoms with E-state index in [9.17, 15) is 10.1 Å². The number of anilines is 1. The fourth-order valence-electron chi connectivity index (χ4n) is 1.58. The molecule has 0 aliphatic heterocycles. The summed E-state index contributed by atoms with van der Waals surface area (Å²) in [7, 11) is 1.63. The molecule has 19 heavy (non-hydrogen) atoms. The molecule has 0 radical (unpaired) electrons. The largest absolute Gasteiger partial charge is 0.373 e. The normalized spacial score (nSPS) is 10.3. The summed E-state index contributed by atoms with van der Waals surface area (Å²) in [5.74, 6) is 0.389. The molecule has 1 heterocycles. The van der Waals surface area contributed by atoms with Gasteiger partial charge in [-0.05, 0) is 18.2 Å². The van der Waals surface area contributed by atoms with Crippen LogP contribution in [0.1, 0.15) is 0 Å². The van der Waals surface area contributed by atoms with Gasteiger partial charge in [-0.1, -0.05) is 23.2 Å². The Hall–Kier alpha value is -1.85. The van der Waals surface area contributed by atoms with Crippen LogP contribution in [0.15, 0.2) is 30.3 Å². The summed E-state index contributed by atoms with van der Waals surface area (Å²) in [4.78, 5) is 14.7. The quantitative estimate of drug-likeness (QED) is 0.686. The molecule has 0 unspecified atom stereocenters. The zero-order valence-electron chi connectivity index (χ0n) is 9.85. The molecule has 0 fully saturated rings. The molecule has 0 aliphatic carbocycles. The Morgan fingerprint density at radius 1 is 1.26 bits per heavy atom. The van der Waals surface area contributed by atoms with Crippen molar-refractivity contribution in [1.29, 1.82) is 0 Å². The van der Waals surface area contributed by atoms with E-state index in [1.54, 1.807) is 25.2 Å². The first-order valence-electron chi connectivity index (χ1n) is 5.31. The Balaban J connectivity index is 2.64. The number of nitrogens with zero attached hydrogens (tertiary/aromatic N) is 2. The van der Waals surface area contributed by atoms with E-state index in [1.165, 1.54) is 12.1 Å². The number of rotatable bonds is 3. The number of halogens is 2. The van der Waals surface area contributed by atoms with Gasteiger partial charge in [0.2, 0.25) is 0 Å². The molecule has 0 aliphatic rings. The Kier molecular flexibility index (Phi) is 3.87. The SMILES string of the molecule is CNc1cc([N+](=O)[O-])cc(-c2cc(Cl)ccc2Cl)n1. The molecule has 98 valence electrons. The van der Waals surface area contributed by atoms with Crippen LogP contribution in [0.5, 0.6) is 0 Å². The minimum atomic E-state index is -0.482. The third-order valence-electron chi connectivity index (χ3n) is 2.48. The van der Waals surface area contributed by atoms with Gasteiger partial charge in [0.25, 0.3) is 5.69 Å². The van der Waals surface area contributed by atoms with Crippen LogP contribution < -0.4 is 5.32 Å². The molecular weight excluding hydrogens is 289 g/mol. The highest BCUT2D eigenvalue weighted by atomic mass is 35.5. The average Bonchev–Trinajstić information content (AvgIpc) is 2.40. The maximum Gasteiger partial charge on any atom is 0.275 e. The van der Waals surface area contributed by atoms with Crippen LogP contribution in [-0.2, 0) is 0 Å². The van der Waals surface area contributed by atoms with Gasteiger partial charge >= 0.3 is 0 Å². The van der Waals surface area contributed by atoms with Crippen molar-refractivity contribution in [3.8, 4) is 11.3 Å². The second-order valence-electron chi connectivity index (χ2n) is 3.73. The summed E-state index contributed by atoms with van der Waals surface area (Å²) in [6.45, 7) is 0. The summed E-state index contributed by atoms with van der Waals surface area (Å²) in [5.41, 5.74) is 0.880. The maximum absolute atomic E-state index is 10.9. The van der Waals surface area contributed by atoms with Gasteiger partial charge in [0.15, 0.2) is 0 Å². The van der Waals surface area contributed by atoms with E-state index in [0.717, 1.165) is 0 Å². The number of nitrogens with one attached hydrogen (secondary N) is 1. The lowest BCUT2D eigenvalue weighted by Gasteiger charge is -2.07. The number of nitro groups is 1. The standard InChI is InChI=1S/C12H9Cl2N3O2/c1-15-12-6-8(17(18)19)5-11(16-12)9-4-7(13)2-3-10(9)14/h2-6H,1H3,(H,15,16). The minimum absolute atomic E-state index is 0.0645. The summed E-state index contributed by atoms with van der Waals surface area (Å²) < 4.78 is 0. The number of benzene rings is 1. The van der Waals surface area contributed by atoms with E-state index in [1.807, 2.05) is 0 Å². The van der Waals surface area contributed by atoms with Gasteiger partial charge in [0.1, 0.15) is 5.82 Å². The smallest absolute Gasteiger partial charge is 0.275 e. The molecule has 0 spiro atoms. The Morgan fingerprint density at radius 3 is 2.63 bits per heavy atom. The second kappa shape index (κ2) is 5.42. The van der Waals surface area contributed by atoms with Crippen LogP contribution >= 0.6 is 23.2 Å². The zero-order chi connectivity index (χ0) is 14.0. The van der Waals surface area contributed by atoms with Gasteiger partial charge in [-0.3, -0.25) is 10.1 Å². The molecule has 0 saturated heterocycles. The van der Waals surface area contributed by atoms with Crippen molar-refractivity contribution >= 4 is 34.7 Å². The summed E-state index contributed by atoms with van der Waals surface area (Å²) in [6.07, 6.45) is 0. The molecule has 2 rings (SSSR count). The van der Waals surface area contributed by atoms with E-state index < -0.39 is 4.92 Å². The molecule has 1 aromatic heterocycles. The average molecular weight is 298 g/mol. The lowest BCUT2D eigenvalue weighted by molar-refractivity contribution is -0.384. The molecule has 5 nitrogen and oxygen atoms in total. The van der Waals surface area contributed by atoms with E-state index in [4.69, 9.17) is 23.2 Å². The first kappa shape index (κ1) is 13.6. The van der Waals surface area contributed by atoms with E-state index in [2.05, 4.69) is 10.3 Å². The monoisotopic (exact) mass is 297 g/mol. The number of hydrogen-bond donors (Lipinski definition) is 1. The highest BCUT2D eigenvalue weighted by molar-refractivity contribution is 6.35. The predicted octanol–water partition coefficient (Wildman–Crippen LogP) is 4.01. The molecular formula is C12H9Cl2N3O2. The highest BCUT2D eigenvalue weighted by Crippen LogP contribution is 2.32. The number of pyridine rings is 1. The summed E-state index contributed by atoms with van der Waals surface area (Å²) in [6, 6.07) is 7.60. The maximum atomic E-state index is 10.9. The molecule has 1 N–H and O–H groups in total. The second-order valence-corrected chi connectivity index (χ2v) is 4.57. The first-order valence-corrected chi connectivity index (χ1v) is 6.06. The van der Waals surface area contributed by atoms with Crippen LogP contribution in [0.4, 0.5) is 11.5 Å². The summed E-state index contributed by atoms with van der Waals surface area (Å²) in [5, 5.41) is 14.6. The van der Waals surface area contributed by atoms with Gasteiger partial charge in [0, 0.05) is 23.7 Å². The predicted molar refractivity (Wildman–Crippen MR) is 75.9 cm³/mol. The third-order valence-corrected chi connectivity index (χ3v) is 3.05. The molecule has 1 aromatic carbocycles. The Morgan fingerprint density at radius 2 is 2.00 bits per heavy atom. The Labute approximate surface area is 119 Å². The van der Waals surface area contributed by atoms with Crippen LogP contribution in [0.25, 0.3) is 11.3 Å². The van der Waals surface area contributed by atoms with Crippen molar-refractivity contribution < 1.29 is 4.92 Å². The van der Waals surface area contributed by atoms with Gasteiger partial charge in [-0.15, -0.1) is 0 Å². The first-order chi connectivity index (χ1) is 9.01. The van der Waals surface area contributed by atoms with Crippen LogP contribution in [0, 0.1) is 10.1 Å². The van der Waals surface area contributed by atoms with Gasteiger partial charge in [0.05, 0.1) is 21.7 Å². The van der Waals surface area contributed by atoms with Crippen LogP contribution in [-0.4, -0.2) is 17.0 Å². The lowest BCUT2D eigenvalue weighted by Crippen LogP contribution is -1.97. The van der Waals surface area contributed by atoms with Crippen molar-refractivity contribution in [2.75, 3.05) is 12.4 Å². The molecule has 0 saturated carbocycles. The van der Waals surface area contributed by atoms with Gasteiger partial charge in [-0.25, -0.2) is 4.98 Å². The van der Waals surface area contributed by atoms with Crippen molar-refractivity contribution in [3.63, 3.8) is 0 Å². The fourth-order valence-corrected chi connectivity index (χ4v) is 1.97. The summed E-state index contributed by atoms with van der Waals surface area (Å²) >= 11 is 12.0. The molecule has 2 aromatic rings. The van der Waals surface area contributed by atoms with E-state index in [-0.39, 0.29) is 5.69 Å². The highest BCUT2D eigenvalue weighted by Gasteiger charge is 2.14.